The molecule has 2 nitrogen and oxygen atoms in total. The van der Waals surface area contributed by atoms with Gasteiger partial charge in [-0.15, -0.1) is 11.3 Å². The predicted octanol–water partition coefficient (Wildman–Crippen LogP) is -1.17. The maximum absolute atomic E-state index is 10.2. The van der Waals surface area contributed by atoms with Gasteiger partial charge in [0, 0.05) is 15.7 Å². The minimum absolute atomic E-state index is 0. The van der Waals surface area contributed by atoms with Crippen molar-refractivity contribution >= 4 is 17.3 Å². The Bertz CT molecular complexity index is 320. The summed E-state index contributed by atoms with van der Waals surface area (Å²) in [5.74, 6) is -0.941. The summed E-state index contributed by atoms with van der Waals surface area (Å²) >= 11 is 1.80. The van der Waals surface area contributed by atoms with Gasteiger partial charge in [-0.3, -0.25) is 0 Å². The first kappa shape index (κ1) is 15.8. The van der Waals surface area contributed by atoms with Gasteiger partial charge < -0.3 is 9.90 Å². The number of carboxylic acids is 1. The van der Waals surface area contributed by atoms with Gasteiger partial charge in [-0.05, 0) is 51.2 Å². The number of carbonyl (C=O) groups is 1. The predicted molar refractivity (Wildman–Crippen MR) is 56.4 cm³/mol. The third-order valence-corrected chi connectivity index (χ3v) is 3.23. The number of carbonyl (C=O) groups excluding carboxylic acids is 1. The minimum Gasteiger partial charge on any atom is -0.550 e. The van der Waals surface area contributed by atoms with E-state index < -0.39 is 5.97 Å². The van der Waals surface area contributed by atoms with Crippen LogP contribution in [0.3, 0.4) is 0 Å². The Hall–Kier alpha value is 0.806. The molecule has 0 atom stereocenters. The van der Waals surface area contributed by atoms with Crippen molar-refractivity contribution in [1.82, 2.24) is 0 Å². The van der Waals surface area contributed by atoms with Crippen molar-refractivity contribution in [3.05, 3.63) is 21.4 Å². The van der Waals surface area contributed by atoms with E-state index in [-0.39, 0.29) is 57.8 Å². The van der Waals surface area contributed by atoms with Crippen molar-refractivity contribution in [2.24, 2.45) is 0 Å². The second-order valence-electron chi connectivity index (χ2n) is 3.52. The molecule has 4 heteroatoms. The fraction of sp³-hybridized carbons (Fsp3) is 0.545. The average molecular weight is 250 g/mol. The topological polar surface area (TPSA) is 40.1 Å². The molecule has 0 aliphatic rings. The van der Waals surface area contributed by atoms with Crippen LogP contribution in [0.25, 0.3) is 0 Å². The van der Waals surface area contributed by atoms with Gasteiger partial charge in [0.2, 0.25) is 0 Å². The van der Waals surface area contributed by atoms with E-state index in [1.807, 2.05) is 0 Å². The van der Waals surface area contributed by atoms with Crippen LogP contribution < -0.4 is 56.5 Å². The van der Waals surface area contributed by atoms with E-state index >= 15 is 0 Å². The van der Waals surface area contributed by atoms with Crippen molar-refractivity contribution in [2.45, 2.75) is 39.5 Å². The summed E-state index contributed by atoms with van der Waals surface area (Å²) in [7, 11) is 0. The summed E-state index contributed by atoms with van der Waals surface area (Å²) in [5.41, 5.74) is 1.37. The molecule has 0 N–H and O–H groups in total. The van der Waals surface area contributed by atoms with Crippen LogP contribution in [0.15, 0.2) is 6.07 Å². The van der Waals surface area contributed by atoms with E-state index in [1.165, 1.54) is 15.3 Å². The van der Waals surface area contributed by atoms with Crippen molar-refractivity contribution in [3.63, 3.8) is 0 Å². The fourth-order valence-corrected chi connectivity index (χ4v) is 2.49. The van der Waals surface area contributed by atoms with Crippen LogP contribution in [0, 0.1) is 13.8 Å². The molecule has 0 bridgehead atoms. The molecule has 0 aliphatic carbocycles. The summed E-state index contributed by atoms with van der Waals surface area (Å²) in [6, 6.07) is 2.19. The van der Waals surface area contributed by atoms with Gasteiger partial charge in [-0.25, -0.2) is 0 Å². The van der Waals surface area contributed by atoms with E-state index in [2.05, 4.69) is 19.9 Å². The summed E-state index contributed by atoms with van der Waals surface area (Å²) in [6.45, 7) is 4.22. The number of unbranched alkanes of at least 4 members (excludes halogenated alkanes) is 1. The fourth-order valence-electron chi connectivity index (χ4n) is 1.52. The molecule has 0 saturated carbocycles. The Kier molecular flexibility index (Phi) is 8.41. The van der Waals surface area contributed by atoms with Crippen molar-refractivity contribution in [3.8, 4) is 0 Å². The molecule has 1 aromatic heterocycles. The zero-order valence-corrected chi connectivity index (χ0v) is 13.6. The molecular weight excluding hydrogens is 235 g/mol. The van der Waals surface area contributed by atoms with Crippen LogP contribution in [0.1, 0.15) is 34.6 Å². The summed E-state index contributed by atoms with van der Waals surface area (Å²) < 4.78 is 0. The number of carboxylic acid groups (broad SMARTS) is 1. The van der Waals surface area contributed by atoms with Gasteiger partial charge in [0.05, 0.1) is 0 Å². The van der Waals surface area contributed by atoms with Crippen LogP contribution in [-0.4, -0.2) is 5.97 Å². The van der Waals surface area contributed by atoms with E-state index in [9.17, 15) is 9.90 Å². The number of thiophene rings is 1. The maximum atomic E-state index is 10.2. The van der Waals surface area contributed by atoms with Crippen molar-refractivity contribution in [1.29, 1.82) is 0 Å². The molecule has 1 aromatic rings. The number of aryl methyl sites for hydroxylation is 3. The first-order chi connectivity index (χ1) is 6.59. The molecule has 0 radical (unpaired) electrons. The second kappa shape index (κ2) is 7.98. The van der Waals surface area contributed by atoms with E-state index in [4.69, 9.17) is 0 Å². The smallest absolute Gasteiger partial charge is 0.550 e. The first-order valence-electron chi connectivity index (χ1n) is 4.85. The van der Waals surface area contributed by atoms with Crippen molar-refractivity contribution < 1.29 is 61.3 Å². The zero-order chi connectivity index (χ0) is 10.6. The molecule has 1 heterocycles. The SMILES string of the molecule is Cc1cc(CCCCC(=O)[O-])c(C)s1.[K+]. The number of rotatable bonds is 5. The van der Waals surface area contributed by atoms with Crippen LogP contribution >= 0.6 is 11.3 Å². The Morgan fingerprint density at radius 1 is 1.40 bits per heavy atom. The third kappa shape index (κ3) is 6.19. The molecule has 0 amide bonds. The molecule has 15 heavy (non-hydrogen) atoms. The van der Waals surface area contributed by atoms with Gasteiger partial charge in [0.25, 0.3) is 0 Å². The largest absolute Gasteiger partial charge is 1.00 e. The van der Waals surface area contributed by atoms with Crippen LogP contribution in [0.4, 0.5) is 0 Å². The first-order valence-corrected chi connectivity index (χ1v) is 5.67. The van der Waals surface area contributed by atoms with Crippen LogP contribution in [0.5, 0.6) is 0 Å². The molecule has 0 fully saturated rings. The molecule has 0 aliphatic heterocycles. The summed E-state index contributed by atoms with van der Waals surface area (Å²) in [6.07, 6.45) is 2.83. The average Bonchev–Trinajstić information content (AvgIpc) is 2.39. The number of aliphatic carboxylic acids is 1. The molecule has 0 spiro atoms. The van der Waals surface area contributed by atoms with E-state index in [1.54, 1.807) is 11.3 Å². The van der Waals surface area contributed by atoms with Gasteiger partial charge in [-0.2, -0.15) is 0 Å². The third-order valence-electron chi connectivity index (χ3n) is 2.22. The minimum atomic E-state index is -0.941. The van der Waals surface area contributed by atoms with Crippen molar-refractivity contribution in [2.75, 3.05) is 0 Å². The Labute approximate surface area is 138 Å². The number of hydrogen-bond acceptors (Lipinski definition) is 3. The molecular formula is C11H15KO2S. The summed E-state index contributed by atoms with van der Waals surface area (Å²) in [4.78, 5) is 12.9. The normalized spacial score (nSPS) is 9.73. The van der Waals surface area contributed by atoms with Gasteiger partial charge >= 0.3 is 51.4 Å². The quantitative estimate of drug-likeness (QED) is 0.488. The Morgan fingerprint density at radius 3 is 2.53 bits per heavy atom. The standard InChI is InChI=1S/C11H16O2S.K/c1-8-7-10(9(2)14-8)5-3-4-6-11(12)13;/h7H,3-6H2,1-2H3,(H,12,13);/q;+1/p-1. The van der Waals surface area contributed by atoms with Crippen LogP contribution in [-0.2, 0) is 11.2 Å². The Balaban J connectivity index is 0.00000196. The van der Waals surface area contributed by atoms with E-state index in [0.29, 0.717) is 0 Å². The molecule has 0 saturated heterocycles. The zero-order valence-electron chi connectivity index (χ0n) is 9.63. The monoisotopic (exact) mass is 250 g/mol. The van der Waals surface area contributed by atoms with Gasteiger partial charge in [-0.1, -0.05) is 0 Å². The van der Waals surface area contributed by atoms with Gasteiger partial charge in [0.15, 0.2) is 0 Å². The van der Waals surface area contributed by atoms with E-state index in [0.717, 1.165) is 19.3 Å². The number of hydrogen-bond donors (Lipinski definition) is 0. The van der Waals surface area contributed by atoms with Crippen LogP contribution in [0.2, 0.25) is 0 Å². The van der Waals surface area contributed by atoms with Gasteiger partial charge in [0.1, 0.15) is 0 Å². The summed E-state index contributed by atoms with van der Waals surface area (Å²) in [5, 5.41) is 10.2. The molecule has 0 aromatic carbocycles. The second-order valence-corrected chi connectivity index (χ2v) is 4.98. The molecule has 1 rings (SSSR count). The Morgan fingerprint density at radius 2 is 2.07 bits per heavy atom. The molecule has 78 valence electrons. The molecule has 0 unspecified atom stereocenters. The maximum Gasteiger partial charge on any atom is 1.00 e.